The van der Waals surface area contributed by atoms with Gasteiger partial charge in [-0.25, -0.2) is 0 Å². The molecule has 1 N–H and O–H groups in total. The Kier molecular flexibility index (Phi) is 2.89. The second-order valence-electron chi connectivity index (χ2n) is 4.95. The number of hydrogen-bond donors (Lipinski definition) is 1. The predicted octanol–water partition coefficient (Wildman–Crippen LogP) is 1.47. The number of hydrogen-bond acceptors (Lipinski definition) is 2. The molecule has 0 radical (unpaired) electrons. The van der Waals surface area contributed by atoms with Crippen molar-refractivity contribution in [2.75, 3.05) is 19.6 Å². The summed E-state index contributed by atoms with van der Waals surface area (Å²) in [6, 6.07) is 1.67. The molecule has 0 aliphatic carbocycles. The van der Waals surface area contributed by atoms with Crippen LogP contribution in [0.15, 0.2) is 0 Å². The maximum absolute atomic E-state index is 3.62. The van der Waals surface area contributed by atoms with Crippen molar-refractivity contribution in [2.24, 2.45) is 5.92 Å². The van der Waals surface area contributed by atoms with Crippen LogP contribution in [0.25, 0.3) is 0 Å². The van der Waals surface area contributed by atoms with E-state index in [4.69, 9.17) is 0 Å². The summed E-state index contributed by atoms with van der Waals surface area (Å²) in [5, 5.41) is 3.62. The molecule has 2 unspecified atom stereocenters. The molecular weight excluding hydrogens is 160 g/mol. The van der Waals surface area contributed by atoms with Crippen molar-refractivity contribution >= 4 is 0 Å². The van der Waals surface area contributed by atoms with Crippen LogP contribution in [0.4, 0.5) is 0 Å². The van der Waals surface area contributed by atoms with E-state index in [0.717, 1.165) is 18.0 Å². The molecule has 2 aliphatic rings. The number of nitrogens with zero attached hydrogens (tertiary/aromatic N) is 1. The monoisotopic (exact) mass is 182 g/mol. The Bertz CT molecular complexity index is 167. The molecule has 2 heteroatoms. The van der Waals surface area contributed by atoms with Gasteiger partial charge < -0.3 is 5.32 Å². The highest BCUT2D eigenvalue weighted by atomic mass is 15.2. The van der Waals surface area contributed by atoms with E-state index in [1.54, 1.807) is 0 Å². The minimum Gasteiger partial charge on any atom is -0.312 e. The molecule has 2 rings (SSSR count). The third-order valence-corrected chi connectivity index (χ3v) is 3.34. The first kappa shape index (κ1) is 9.47. The Balaban J connectivity index is 1.93. The van der Waals surface area contributed by atoms with Gasteiger partial charge in [0.1, 0.15) is 0 Å². The summed E-state index contributed by atoms with van der Waals surface area (Å²) in [6.07, 6.45) is 4.16. The van der Waals surface area contributed by atoms with Gasteiger partial charge >= 0.3 is 0 Å². The molecule has 2 atom stereocenters. The van der Waals surface area contributed by atoms with E-state index in [1.165, 1.54) is 38.9 Å². The average molecular weight is 182 g/mol. The molecule has 2 saturated heterocycles. The molecule has 0 saturated carbocycles. The lowest BCUT2D eigenvalue weighted by Crippen LogP contribution is -2.49. The van der Waals surface area contributed by atoms with Crippen LogP contribution in [-0.4, -0.2) is 36.6 Å². The molecule has 0 aromatic rings. The van der Waals surface area contributed by atoms with Crippen LogP contribution in [0, 0.1) is 5.92 Å². The average Bonchev–Trinajstić information content (AvgIpc) is 2.51. The lowest BCUT2D eigenvalue weighted by atomic mass is 9.96. The van der Waals surface area contributed by atoms with E-state index in [1.807, 2.05) is 0 Å². The fourth-order valence-corrected chi connectivity index (χ4v) is 2.86. The standard InChI is InChI=1S/C11H22N2/c1-9(2)8-13-7-3-4-10-11(13)5-6-12-10/h9-12H,3-8H2,1-2H3. The lowest BCUT2D eigenvalue weighted by molar-refractivity contribution is 0.123. The number of rotatable bonds is 2. The van der Waals surface area contributed by atoms with Crippen molar-refractivity contribution in [1.29, 1.82) is 0 Å². The van der Waals surface area contributed by atoms with Gasteiger partial charge in [-0.3, -0.25) is 4.90 Å². The SMILES string of the molecule is CC(C)CN1CCCC2NCCC21. The predicted molar refractivity (Wildman–Crippen MR) is 55.8 cm³/mol. The highest BCUT2D eigenvalue weighted by molar-refractivity contribution is 4.94. The first-order valence-electron chi connectivity index (χ1n) is 5.75. The lowest BCUT2D eigenvalue weighted by Gasteiger charge is -2.38. The van der Waals surface area contributed by atoms with E-state index in [0.29, 0.717) is 0 Å². The topological polar surface area (TPSA) is 15.3 Å². The Morgan fingerprint density at radius 2 is 2.23 bits per heavy atom. The van der Waals surface area contributed by atoms with Crippen LogP contribution in [0.3, 0.4) is 0 Å². The smallest absolute Gasteiger partial charge is 0.0261 e. The van der Waals surface area contributed by atoms with Gasteiger partial charge in [0.25, 0.3) is 0 Å². The molecule has 0 bridgehead atoms. The molecule has 13 heavy (non-hydrogen) atoms. The molecular formula is C11H22N2. The largest absolute Gasteiger partial charge is 0.312 e. The summed E-state index contributed by atoms with van der Waals surface area (Å²) in [6.45, 7) is 8.52. The maximum atomic E-state index is 3.62. The minimum atomic E-state index is 0.812. The van der Waals surface area contributed by atoms with E-state index in [9.17, 15) is 0 Å². The summed E-state index contributed by atoms with van der Waals surface area (Å²) in [7, 11) is 0. The highest BCUT2D eigenvalue weighted by Gasteiger charge is 2.34. The number of likely N-dealkylation sites (tertiary alicyclic amines) is 1. The van der Waals surface area contributed by atoms with Gasteiger partial charge in [-0.05, 0) is 38.3 Å². The van der Waals surface area contributed by atoms with Crippen molar-refractivity contribution in [1.82, 2.24) is 10.2 Å². The van der Waals surface area contributed by atoms with Crippen LogP contribution in [0.1, 0.15) is 33.1 Å². The van der Waals surface area contributed by atoms with Crippen molar-refractivity contribution < 1.29 is 0 Å². The summed E-state index contributed by atoms with van der Waals surface area (Å²) in [4.78, 5) is 2.71. The zero-order valence-electron chi connectivity index (χ0n) is 8.92. The third-order valence-electron chi connectivity index (χ3n) is 3.34. The van der Waals surface area contributed by atoms with Gasteiger partial charge in [0.05, 0.1) is 0 Å². The Morgan fingerprint density at radius 1 is 1.38 bits per heavy atom. The molecule has 2 fully saturated rings. The molecule has 76 valence electrons. The van der Waals surface area contributed by atoms with Crippen molar-refractivity contribution in [3.63, 3.8) is 0 Å². The number of fused-ring (bicyclic) bond motifs is 1. The number of nitrogens with one attached hydrogen (secondary N) is 1. The van der Waals surface area contributed by atoms with Crippen molar-refractivity contribution in [2.45, 2.75) is 45.2 Å². The Morgan fingerprint density at radius 3 is 3.00 bits per heavy atom. The second kappa shape index (κ2) is 3.97. The van der Waals surface area contributed by atoms with Gasteiger partial charge in [0, 0.05) is 18.6 Å². The Hall–Kier alpha value is -0.0800. The summed E-state index contributed by atoms with van der Waals surface area (Å²) in [5.74, 6) is 0.819. The summed E-state index contributed by atoms with van der Waals surface area (Å²) >= 11 is 0. The molecule has 0 aromatic carbocycles. The highest BCUT2D eigenvalue weighted by Crippen LogP contribution is 2.24. The Labute approximate surface area is 81.7 Å². The van der Waals surface area contributed by atoms with Crippen molar-refractivity contribution in [3.8, 4) is 0 Å². The molecule has 2 aliphatic heterocycles. The molecule has 0 aromatic heterocycles. The summed E-state index contributed by atoms with van der Waals surface area (Å²) in [5.41, 5.74) is 0. The zero-order chi connectivity index (χ0) is 9.26. The minimum absolute atomic E-state index is 0.812. The molecule has 2 heterocycles. The normalized spacial score (nSPS) is 35.3. The van der Waals surface area contributed by atoms with Gasteiger partial charge in [0.15, 0.2) is 0 Å². The van der Waals surface area contributed by atoms with Crippen LogP contribution in [-0.2, 0) is 0 Å². The van der Waals surface area contributed by atoms with E-state index in [2.05, 4.69) is 24.1 Å². The van der Waals surface area contributed by atoms with Crippen LogP contribution in [0.5, 0.6) is 0 Å². The van der Waals surface area contributed by atoms with E-state index >= 15 is 0 Å². The first-order valence-corrected chi connectivity index (χ1v) is 5.75. The van der Waals surface area contributed by atoms with E-state index < -0.39 is 0 Å². The van der Waals surface area contributed by atoms with Gasteiger partial charge in [-0.2, -0.15) is 0 Å². The quantitative estimate of drug-likeness (QED) is 0.695. The maximum Gasteiger partial charge on any atom is 0.0261 e. The fourth-order valence-electron chi connectivity index (χ4n) is 2.86. The van der Waals surface area contributed by atoms with Gasteiger partial charge in [0.2, 0.25) is 0 Å². The van der Waals surface area contributed by atoms with Crippen molar-refractivity contribution in [3.05, 3.63) is 0 Å². The third kappa shape index (κ3) is 2.05. The van der Waals surface area contributed by atoms with Gasteiger partial charge in [-0.1, -0.05) is 13.8 Å². The molecule has 2 nitrogen and oxygen atoms in total. The van der Waals surface area contributed by atoms with Crippen LogP contribution < -0.4 is 5.32 Å². The van der Waals surface area contributed by atoms with Gasteiger partial charge in [-0.15, -0.1) is 0 Å². The summed E-state index contributed by atoms with van der Waals surface area (Å²) < 4.78 is 0. The fraction of sp³-hybridized carbons (Fsp3) is 1.00. The second-order valence-corrected chi connectivity index (χ2v) is 4.95. The van der Waals surface area contributed by atoms with Crippen LogP contribution in [0.2, 0.25) is 0 Å². The van der Waals surface area contributed by atoms with Crippen LogP contribution >= 0.6 is 0 Å². The molecule has 0 amide bonds. The number of piperidine rings is 1. The van der Waals surface area contributed by atoms with E-state index in [-0.39, 0.29) is 0 Å². The zero-order valence-corrected chi connectivity index (χ0v) is 8.92. The molecule has 0 spiro atoms. The first-order chi connectivity index (χ1) is 6.27.